The first kappa shape index (κ1) is 21.7. The number of carbonyl (C=O) groups excluding carboxylic acids is 2. The highest BCUT2D eigenvalue weighted by atomic mass is 35.5. The van der Waals surface area contributed by atoms with E-state index in [-0.39, 0.29) is 40.5 Å². The van der Waals surface area contributed by atoms with Crippen molar-refractivity contribution in [1.29, 1.82) is 0 Å². The van der Waals surface area contributed by atoms with Gasteiger partial charge in [0.1, 0.15) is 11.1 Å². The first-order valence-corrected chi connectivity index (χ1v) is 9.86. The molecule has 0 aliphatic carbocycles. The van der Waals surface area contributed by atoms with E-state index in [0.717, 1.165) is 5.56 Å². The summed E-state index contributed by atoms with van der Waals surface area (Å²) in [6, 6.07) is 10.7. The van der Waals surface area contributed by atoms with E-state index in [9.17, 15) is 14.4 Å². The number of ether oxygens (including phenoxy) is 2. The molecule has 0 atom stereocenters. The second kappa shape index (κ2) is 9.65. The number of fused-ring (bicyclic) bond motifs is 1. The van der Waals surface area contributed by atoms with Gasteiger partial charge in [-0.1, -0.05) is 17.7 Å². The van der Waals surface area contributed by atoms with E-state index in [1.807, 2.05) is 0 Å². The molecule has 2 aromatic carbocycles. The van der Waals surface area contributed by atoms with Gasteiger partial charge in [-0.2, -0.15) is 0 Å². The molecule has 0 spiro atoms. The molecule has 1 N–H and O–H groups in total. The van der Waals surface area contributed by atoms with E-state index in [2.05, 4.69) is 5.32 Å². The Balaban J connectivity index is 1.88. The van der Waals surface area contributed by atoms with Crippen LogP contribution >= 0.6 is 23.2 Å². The summed E-state index contributed by atoms with van der Waals surface area (Å²) in [7, 11) is 0. The molecule has 1 heterocycles. The summed E-state index contributed by atoms with van der Waals surface area (Å²) in [5.74, 6) is -0.939. The van der Waals surface area contributed by atoms with Crippen LogP contribution in [0.2, 0.25) is 5.02 Å². The Morgan fingerprint density at radius 1 is 1.10 bits per heavy atom. The highest BCUT2D eigenvalue weighted by Gasteiger charge is 2.19. The minimum Gasteiger partial charge on any atom is -0.480 e. The Labute approximate surface area is 181 Å². The zero-order valence-electron chi connectivity index (χ0n) is 15.9. The van der Waals surface area contributed by atoms with E-state index in [1.165, 1.54) is 24.3 Å². The van der Waals surface area contributed by atoms with Crippen LogP contribution in [-0.4, -0.2) is 25.0 Å². The molecule has 3 rings (SSSR count). The van der Waals surface area contributed by atoms with Gasteiger partial charge in [-0.15, -0.1) is 11.6 Å². The molecule has 0 unspecified atom stereocenters. The number of alkyl halides is 1. The molecule has 9 heteroatoms. The van der Waals surface area contributed by atoms with Gasteiger partial charge in [0.2, 0.25) is 0 Å². The van der Waals surface area contributed by atoms with Gasteiger partial charge in [0, 0.05) is 28.9 Å². The number of amides is 1. The SMILES string of the molecule is CCNC(=O)COc1ccc(Cl)cc1OC(=O)c1cc2cc(CCl)ccc2oc1=O. The Hall–Kier alpha value is -3.03. The maximum atomic E-state index is 12.7. The lowest BCUT2D eigenvalue weighted by Crippen LogP contribution is -2.28. The van der Waals surface area contributed by atoms with E-state index in [0.29, 0.717) is 17.5 Å². The Kier molecular flexibility index (Phi) is 6.97. The predicted molar refractivity (Wildman–Crippen MR) is 113 cm³/mol. The molecule has 0 fully saturated rings. The summed E-state index contributed by atoms with van der Waals surface area (Å²) >= 11 is 11.8. The van der Waals surface area contributed by atoms with Gasteiger partial charge >= 0.3 is 11.6 Å². The van der Waals surface area contributed by atoms with Crippen molar-refractivity contribution in [2.24, 2.45) is 0 Å². The van der Waals surface area contributed by atoms with Crippen molar-refractivity contribution in [3.63, 3.8) is 0 Å². The molecule has 0 aliphatic heterocycles. The van der Waals surface area contributed by atoms with Crippen molar-refractivity contribution in [2.45, 2.75) is 12.8 Å². The van der Waals surface area contributed by atoms with Gasteiger partial charge in [0.05, 0.1) is 0 Å². The van der Waals surface area contributed by atoms with Crippen molar-refractivity contribution in [2.75, 3.05) is 13.2 Å². The second-order valence-electron chi connectivity index (χ2n) is 6.18. The van der Waals surface area contributed by atoms with Crippen LogP contribution in [0.4, 0.5) is 0 Å². The molecule has 0 saturated carbocycles. The Morgan fingerprint density at radius 2 is 1.90 bits per heavy atom. The van der Waals surface area contributed by atoms with E-state index in [1.54, 1.807) is 25.1 Å². The van der Waals surface area contributed by atoms with Crippen molar-refractivity contribution in [3.05, 3.63) is 69.0 Å². The van der Waals surface area contributed by atoms with Crippen LogP contribution in [0.15, 0.2) is 51.7 Å². The van der Waals surface area contributed by atoms with Crippen molar-refractivity contribution in [3.8, 4) is 11.5 Å². The van der Waals surface area contributed by atoms with Gasteiger partial charge in [-0.3, -0.25) is 4.79 Å². The third-order valence-electron chi connectivity index (χ3n) is 4.01. The Bertz CT molecular complexity index is 1160. The molecule has 3 aromatic rings. The van der Waals surface area contributed by atoms with Crippen molar-refractivity contribution >= 4 is 46.0 Å². The zero-order valence-corrected chi connectivity index (χ0v) is 17.4. The maximum absolute atomic E-state index is 12.7. The number of carbonyl (C=O) groups is 2. The molecule has 0 bridgehead atoms. The van der Waals surface area contributed by atoms with Crippen molar-refractivity contribution < 1.29 is 23.5 Å². The van der Waals surface area contributed by atoms with Gasteiger partial charge in [-0.05, 0) is 42.8 Å². The lowest BCUT2D eigenvalue weighted by Gasteiger charge is -2.12. The molecule has 7 nitrogen and oxygen atoms in total. The normalized spacial score (nSPS) is 10.6. The monoisotopic (exact) mass is 449 g/mol. The lowest BCUT2D eigenvalue weighted by molar-refractivity contribution is -0.122. The fraction of sp³-hybridized carbons (Fsp3) is 0.190. The number of rotatable bonds is 7. The molecule has 1 aromatic heterocycles. The third kappa shape index (κ3) is 5.11. The maximum Gasteiger partial charge on any atom is 0.351 e. The predicted octanol–water partition coefficient (Wildman–Crippen LogP) is 3.92. The van der Waals surface area contributed by atoms with Crippen molar-refractivity contribution in [1.82, 2.24) is 5.32 Å². The Morgan fingerprint density at radius 3 is 2.63 bits per heavy atom. The quantitative estimate of drug-likeness (QED) is 0.254. The number of likely N-dealkylation sites (N-methyl/N-ethyl adjacent to an activating group) is 1. The fourth-order valence-corrected chi connectivity index (χ4v) is 2.95. The van der Waals surface area contributed by atoms with Crippen LogP contribution in [0.1, 0.15) is 22.8 Å². The van der Waals surface area contributed by atoms with Crippen LogP contribution < -0.4 is 20.4 Å². The molecular weight excluding hydrogens is 433 g/mol. The first-order chi connectivity index (χ1) is 14.4. The first-order valence-electron chi connectivity index (χ1n) is 8.95. The molecule has 30 heavy (non-hydrogen) atoms. The topological polar surface area (TPSA) is 94.8 Å². The lowest BCUT2D eigenvalue weighted by atomic mass is 10.1. The minimum atomic E-state index is -0.952. The fourth-order valence-electron chi connectivity index (χ4n) is 2.63. The summed E-state index contributed by atoms with van der Waals surface area (Å²) in [5.41, 5.74) is -0.0332. The van der Waals surface area contributed by atoms with Crippen LogP contribution in [0, 0.1) is 0 Å². The standard InChI is InChI=1S/C21H17Cl2NO6/c1-2-24-19(25)11-28-17-6-4-14(23)9-18(17)30-21(27)15-8-13-7-12(10-22)3-5-16(13)29-20(15)26/h3-9H,2,10-11H2,1H3,(H,24,25). The smallest absolute Gasteiger partial charge is 0.351 e. The summed E-state index contributed by atoms with van der Waals surface area (Å²) < 4.78 is 15.9. The van der Waals surface area contributed by atoms with E-state index in [4.69, 9.17) is 37.1 Å². The molecule has 0 radical (unpaired) electrons. The third-order valence-corrected chi connectivity index (χ3v) is 4.56. The van der Waals surface area contributed by atoms with Gasteiger partial charge in [0.25, 0.3) is 5.91 Å². The summed E-state index contributed by atoms with van der Waals surface area (Å²) in [5, 5.41) is 3.39. The van der Waals surface area contributed by atoms with Crippen LogP contribution in [0.3, 0.4) is 0 Å². The molecular formula is C21H17Cl2NO6. The van der Waals surface area contributed by atoms with Gasteiger partial charge in [-0.25, -0.2) is 9.59 Å². The number of esters is 1. The van der Waals surface area contributed by atoms with Crippen LogP contribution in [0.25, 0.3) is 11.0 Å². The number of halogens is 2. The zero-order chi connectivity index (χ0) is 21.7. The molecule has 1 amide bonds. The van der Waals surface area contributed by atoms with Crippen LogP contribution in [0.5, 0.6) is 11.5 Å². The molecule has 0 aliphatic rings. The summed E-state index contributed by atoms with van der Waals surface area (Å²) in [4.78, 5) is 36.5. The highest BCUT2D eigenvalue weighted by Crippen LogP contribution is 2.31. The second-order valence-corrected chi connectivity index (χ2v) is 6.88. The largest absolute Gasteiger partial charge is 0.480 e. The van der Waals surface area contributed by atoms with Crippen LogP contribution in [-0.2, 0) is 10.7 Å². The number of hydrogen-bond donors (Lipinski definition) is 1. The highest BCUT2D eigenvalue weighted by molar-refractivity contribution is 6.30. The number of hydrogen-bond acceptors (Lipinski definition) is 6. The van der Waals surface area contributed by atoms with E-state index < -0.39 is 11.6 Å². The van der Waals surface area contributed by atoms with E-state index >= 15 is 0 Å². The number of benzene rings is 2. The van der Waals surface area contributed by atoms with Gasteiger partial charge < -0.3 is 19.2 Å². The summed E-state index contributed by atoms with van der Waals surface area (Å²) in [6.07, 6.45) is 0. The average molecular weight is 450 g/mol. The summed E-state index contributed by atoms with van der Waals surface area (Å²) in [6.45, 7) is 1.95. The molecule has 0 saturated heterocycles. The molecule has 156 valence electrons. The number of nitrogens with one attached hydrogen (secondary N) is 1. The average Bonchev–Trinajstić information content (AvgIpc) is 2.72. The van der Waals surface area contributed by atoms with Gasteiger partial charge in [0.15, 0.2) is 18.1 Å². The minimum absolute atomic E-state index is 0.0363.